The SMILES string of the molecule is CC1CCC(CN)CN1Cc1nc(-c2ccsc2)no1. The van der Waals surface area contributed by atoms with Crippen LogP contribution in [0.1, 0.15) is 25.7 Å². The molecule has 0 aromatic carbocycles. The molecule has 1 fully saturated rings. The molecule has 2 unspecified atom stereocenters. The van der Waals surface area contributed by atoms with Gasteiger partial charge in [-0.3, -0.25) is 4.90 Å². The van der Waals surface area contributed by atoms with Crippen LogP contribution in [0.4, 0.5) is 0 Å². The number of hydrogen-bond acceptors (Lipinski definition) is 6. The van der Waals surface area contributed by atoms with Gasteiger partial charge in [0.25, 0.3) is 0 Å². The zero-order valence-corrected chi connectivity index (χ0v) is 12.5. The largest absolute Gasteiger partial charge is 0.338 e. The van der Waals surface area contributed by atoms with Crippen LogP contribution < -0.4 is 5.73 Å². The maximum Gasteiger partial charge on any atom is 0.241 e. The highest BCUT2D eigenvalue weighted by Crippen LogP contribution is 2.24. The molecule has 0 radical (unpaired) electrons. The van der Waals surface area contributed by atoms with E-state index >= 15 is 0 Å². The zero-order chi connectivity index (χ0) is 13.9. The molecule has 3 heterocycles. The Labute approximate surface area is 122 Å². The number of thiophene rings is 1. The van der Waals surface area contributed by atoms with Gasteiger partial charge in [-0.05, 0) is 43.7 Å². The normalized spacial score (nSPS) is 24.1. The van der Waals surface area contributed by atoms with Crippen molar-refractivity contribution in [3.05, 3.63) is 22.7 Å². The van der Waals surface area contributed by atoms with Crippen LogP contribution >= 0.6 is 11.3 Å². The molecule has 0 saturated carbocycles. The minimum absolute atomic E-state index is 0.550. The molecule has 2 N–H and O–H groups in total. The van der Waals surface area contributed by atoms with E-state index in [4.69, 9.17) is 10.3 Å². The van der Waals surface area contributed by atoms with Crippen LogP contribution in [0.3, 0.4) is 0 Å². The summed E-state index contributed by atoms with van der Waals surface area (Å²) in [5.74, 6) is 1.96. The molecule has 2 atom stereocenters. The lowest BCUT2D eigenvalue weighted by molar-refractivity contribution is 0.100. The van der Waals surface area contributed by atoms with Crippen LogP contribution in [-0.4, -0.2) is 34.2 Å². The van der Waals surface area contributed by atoms with Crippen molar-refractivity contribution in [2.24, 2.45) is 11.7 Å². The summed E-state index contributed by atoms with van der Waals surface area (Å²) < 4.78 is 5.38. The first kappa shape index (κ1) is 13.7. The maximum atomic E-state index is 5.80. The molecule has 2 aromatic rings. The maximum absolute atomic E-state index is 5.80. The van der Waals surface area contributed by atoms with Crippen molar-refractivity contribution < 1.29 is 4.52 Å². The third kappa shape index (κ3) is 2.92. The molecule has 5 nitrogen and oxygen atoms in total. The summed E-state index contributed by atoms with van der Waals surface area (Å²) >= 11 is 1.64. The van der Waals surface area contributed by atoms with Crippen molar-refractivity contribution in [1.29, 1.82) is 0 Å². The highest BCUT2D eigenvalue weighted by molar-refractivity contribution is 7.08. The van der Waals surface area contributed by atoms with E-state index in [0.29, 0.717) is 23.7 Å². The van der Waals surface area contributed by atoms with E-state index < -0.39 is 0 Å². The summed E-state index contributed by atoms with van der Waals surface area (Å²) in [5, 5.41) is 8.11. The lowest BCUT2D eigenvalue weighted by Crippen LogP contribution is -2.43. The third-order valence-electron chi connectivity index (χ3n) is 4.03. The fraction of sp³-hybridized carbons (Fsp3) is 0.571. The van der Waals surface area contributed by atoms with Gasteiger partial charge < -0.3 is 10.3 Å². The number of hydrogen-bond donors (Lipinski definition) is 1. The minimum atomic E-state index is 0.550. The molecule has 6 heteroatoms. The predicted molar refractivity (Wildman–Crippen MR) is 79.3 cm³/mol. The van der Waals surface area contributed by atoms with Gasteiger partial charge in [-0.15, -0.1) is 0 Å². The second kappa shape index (κ2) is 6.03. The number of likely N-dealkylation sites (tertiary alicyclic amines) is 1. The average molecular weight is 292 g/mol. The Hall–Kier alpha value is -1.24. The van der Waals surface area contributed by atoms with Gasteiger partial charge in [-0.1, -0.05) is 5.16 Å². The van der Waals surface area contributed by atoms with Crippen molar-refractivity contribution in [2.75, 3.05) is 13.1 Å². The van der Waals surface area contributed by atoms with E-state index in [2.05, 4.69) is 22.0 Å². The van der Waals surface area contributed by atoms with Gasteiger partial charge >= 0.3 is 0 Å². The summed E-state index contributed by atoms with van der Waals surface area (Å²) in [6, 6.07) is 2.56. The Morgan fingerprint density at radius 2 is 2.40 bits per heavy atom. The summed E-state index contributed by atoms with van der Waals surface area (Å²) in [6.07, 6.45) is 2.41. The minimum Gasteiger partial charge on any atom is -0.338 e. The zero-order valence-electron chi connectivity index (χ0n) is 11.7. The van der Waals surface area contributed by atoms with E-state index in [1.54, 1.807) is 11.3 Å². The lowest BCUT2D eigenvalue weighted by atomic mass is 9.93. The van der Waals surface area contributed by atoms with Crippen LogP contribution in [0.15, 0.2) is 21.3 Å². The summed E-state index contributed by atoms with van der Waals surface area (Å²) in [6.45, 7) is 4.75. The second-order valence-electron chi connectivity index (χ2n) is 5.48. The molecular formula is C14H20N4OS. The number of nitrogens with zero attached hydrogens (tertiary/aromatic N) is 3. The van der Waals surface area contributed by atoms with Crippen LogP contribution in [0.5, 0.6) is 0 Å². The topological polar surface area (TPSA) is 68.2 Å². The van der Waals surface area contributed by atoms with Gasteiger partial charge in [0.2, 0.25) is 11.7 Å². The molecule has 0 aliphatic carbocycles. The first-order valence-electron chi connectivity index (χ1n) is 7.05. The Morgan fingerprint density at radius 3 is 3.15 bits per heavy atom. The van der Waals surface area contributed by atoms with Gasteiger partial charge in [-0.2, -0.15) is 16.3 Å². The number of piperidine rings is 1. The third-order valence-corrected chi connectivity index (χ3v) is 4.71. The Morgan fingerprint density at radius 1 is 1.50 bits per heavy atom. The molecule has 1 saturated heterocycles. The second-order valence-corrected chi connectivity index (χ2v) is 6.26. The molecular weight excluding hydrogens is 272 g/mol. The Bertz CT molecular complexity index is 539. The van der Waals surface area contributed by atoms with E-state index in [-0.39, 0.29) is 0 Å². The van der Waals surface area contributed by atoms with E-state index in [1.807, 2.05) is 16.8 Å². The fourth-order valence-electron chi connectivity index (χ4n) is 2.68. The molecule has 0 bridgehead atoms. The summed E-state index contributed by atoms with van der Waals surface area (Å²) in [5.41, 5.74) is 6.82. The number of nitrogens with two attached hydrogens (primary N) is 1. The van der Waals surface area contributed by atoms with Crippen molar-refractivity contribution in [2.45, 2.75) is 32.4 Å². The molecule has 20 heavy (non-hydrogen) atoms. The van der Waals surface area contributed by atoms with Gasteiger partial charge in [0.15, 0.2) is 0 Å². The van der Waals surface area contributed by atoms with Gasteiger partial charge in [-0.25, -0.2) is 0 Å². The first-order chi connectivity index (χ1) is 9.76. The highest BCUT2D eigenvalue weighted by Gasteiger charge is 2.26. The van der Waals surface area contributed by atoms with Crippen LogP contribution in [0.2, 0.25) is 0 Å². The van der Waals surface area contributed by atoms with E-state index in [0.717, 1.165) is 25.2 Å². The smallest absolute Gasteiger partial charge is 0.241 e. The van der Waals surface area contributed by atoms with Gasteiger partial charge in [0, 0.05) is 23.5 Å². The van der Waals surface area contributed by atoms with Crippen molar-refractivity contribution in [1.82, 2.24) is 15.0 Å². The number of aromatic nitrogens is 2. The molecule has 1 aliphatic rings. The lowest BCUT2D eigenvalue weighted by Gasteiger charge is -2.36. The van der Waals surface area contributed by atoms with Crippen molar-refractivity contribution in [3.63, 3.8) is 0 Å². The van der Waals surface area contributed by atoms with Crippen LogP contribution in [0, 0.1) is 5.92 Å². The monoisotopic (exact) mass is 292 g/mol. The van der Waals surface area contributed by atoms with Crippen molar-refractivity contribution in [3.8, 4) is 11.4 Å². The predicted octanol–water partition coefficient (Wildman–Crippen LogP) is 2.36. The molecule has 2 aromatic heterocycles. The average Bonchev–Trinajstić information content (AvgIpc) is 3.12. The summed E-state index contributed by atoms with van der Waals surface area (Å²) in [7, 11) is 0. The Kier molecular flexibility index (Phi) is 4.14. The summed E-state index contributed by atoms with van der Waals surface area (Å²) in [4.78, 5) is 6.88. The van der Waals surface area contributed by atoms with Crippen LogP contribution in [0.25, 0.3) is 11.4 Å². The Balaban J connectivity index is 1.68. The van der Waals surface area contributed by atoms with Crippen molar-refractivity contribution >= 4 is 11.3 Å². The quantitative estimate of drug-likeness (QED) is 0.937. The highest BCUT2D eigenvalue weighted by atomic mass is 32.1. The first-order valence-corrected chi connectivity index (χ1v) is 8.00. The standard InChI is InChI=1S/C14H20N4OS/c1-10-2-3-11(6-15)7-18(10)8-13-16-14(17-19-13)12-4-5-20-9-12/h4-5,9-11H,2-3,6-8,15H2,1H3. The van der Waals surface area contributed by atoms with E-state index in [9.17, 15) is 0 Å². The molecule has 1 aliphatic heterocycles. The molecule has 3 rings (SSSR count). The molecule has 108 valence electrons. The van der Waals surface area contributed by atoms with Gasteiger partial charge in [0.1, 0.15) is 0 Å². The number of rotatable bonds is 4. The molecule has 0 spiro atoms. The van der Waals surface area contributed by atoms with Gasteiger partial charge in [0.05, 0.1) is 6.54 Å². The molecule has 0 amide bonds. The van der Waals surface area contributed by atoms with Crippen LogP contribution in [-0.2, 0) is 6.54 Å². The van der Waals surface area contributed by atoms with E-state index in [1.165, 1.54) is 12.8 Å². The fourth-order valence-corrected chi connectivity index (χ4v) is 3.31.